The zero-order valence-electron chi connectivity index (χ0n) is 14.8. The summed E-state index contributed by atoms with van der Waals surface area (Å²) in [5.41, 5.74) is 1.58. The van der Waals surface area contributed by atoms with Crippen LogP contribution in [0.4, 0.5) is 11.4 Å². The van der Waals surface area contributed by atoms with Gasteiger partial charge in [-0.15, -0.1) is 0 Å². The van der Waals surface area contributed by atoms with Crippen molar-refractivity contribution in [3.05, 3.63) is 70.7 Å². The number of aromatic nitrogens is 2. The van der Waals surface area contributed by atoms with Crippen LogP contribution in [0.15, 0.2) is 59.6 Å². The second-order valence-electron chi connectivity index (χ2n) is 6.12. The molecule has 1 N–H and O–H groups in total. The van der Waals surface area contributed by atoms with Crippen molar-refractivity contribution in [2.75, 3.05) is 18.2 Å². The number of anilines is 1. The fourth-order valence-electron chi connectivity index (χ4n) is 2.82. The minimum Gasteiger partial charge on any atom is -0.362 e. The Labute approximate surface area is 156 Å². The number of benzene rings is 2. The molecule has 0 saturated carbocycles. The third-order valence-electron chi connectivity index (χ3n) is 4.07. The van der Waals surface area contributed by atoms with Crippen LogP contribution in [0.25, 0.3) is 11.3 Å². The van der Waals surface area contributed by atoms with Crippen LogP contribution in [0.1, 0.15) is 5.82 Å². The minimum atomic E-state index is -3.73. The minimum absolute atomic E-state index is 0.209. The van der Waals surface area contributed by atoms with Gasteiger partial charge in [0, 0.05) is 13.3 Å². The lowest BCUT2D eigenvalue weighted by Crippen LogP contribution is -2.19. The van der Waals surface area contributed by atoms with Crippen molar-refractivity contribution in [1.82, 2.24) is 9.97 Å². The number of nitrogens with zero attached hydrogens (tertiary/aromatic N) is 3. The molecule has 0 radical (unpaired) electrons. The summed E-state index contributed by atoms with van der Waals surface area (Å²) in [7, 11) is -2.08. The number of imidazole rings is 1. The molecule has 27 heavy (non-hydrogen) atoms. The molecule has 0 unspecified atom stereocenters. The van der Waals surface area contributed by atoms with E-state index in [0.717, 1.165) is 17.5 Å². The third kappa shape index (κ3) is 3.98. The molecular formula is C18H18N4O4S. The van der Waals surface area contributed by atoms with E-state index in [4.69, 9.17) is 0 Å². The number of hydrogen-bond acceptors (Lipinski definition) is 6. The molecule has 3 rings (SSSR count). The van der Waals surface area contributed by atoms with Gasteiger partial charge in [-0.05, 0) is 17.7 Å². The van der Waals surface area contributed by atoms with Crippen LogP contribution in [0.3, 0.4) is 0 Å². The molecule has 0 aliphatic heterocycles. The fourth-order valence-corrected chi connectivity index (χ4v) is 3.67. The summed E-state index contributed by atoms with van der Waals surface area (Å²) in [6.07, 6.45) is 2.65. The monoisotopic (exact) mass is 386 g/mol. The van der Waals surface area contributed by atoms with Crippen molar-refractivity contribution in [2.24, 2.45) is 0 Å². The van der Waals surface area contributed by atoms with E-state index < -0.39 is 20.4 Å². The van der Waals surface area contributed by atoms with Crippen molar-refractivity contribution >= 4 is 21.2 Å². The zero-order valence-corrected chi connectivity index (χ0v) is 15.6. The first-order valence-electron chi connectivity index (χ1n) is 8.05. The van der Waals surface area contributed by atoms with Gasteiger partial charge in [-0.3, -0.25) is 10.1 Å². The van der Waals surface area contributed by atoms with Crippen LogP contribution in [-0.4, -0.2) is 36.6 Å². The van der Waals surface area contributed by atoms with Crippen LogP contribution in [0, 0.1) is 10.1 Å². The number of nitro benzene ring substituents is 1. The van der Waals surface area contributed by atoms with Gasteiger partial charge in [-0.25, -0.2) is 13.4 Å². The number of H-pyrrole nitrogens is 1. The van der Waals surface area contributed by atoms with Crippen molar-refractivity contribution in [3.8, 4) is 11.3 Å². The van der Waals surface area contributed by atoms with Crippen molar-refractivity contribution in [3.63, 3.8) is 0 Å². The summed E-state index contributed by atoms with van der Waals surface area (Å²) >= 11 is 0. The average molecular weight is 386 g/mol. The molecule has 8 nitrogen and oxygen atoms in total. The molecule has 3 aromatic rings. The average Bonchev–Trinajstić information content (AvgIpc) is 3.09. The molecule has 1 heterocycles. The Balaban J connectivity index is 1.92. The van der Waals surface area contributed by atoms with E-state index in [-0.39, 0.29) is 17.1 Å². The largest absolute Gasteiger partial charge is 0.362 e. The molecule has 0 aliphatic rings. The van der Waals surface area contributed by atoms with E-state index in [9.17, 15) is 18.5 Å². The summed E-state index contributed by atoms with van der Waals surface area (Å²) in [6.45, 7) is 0.251. The summed E-state index contributed by atoms with van der Waals surface area (Å²) in [6, 6.07) is 13.9. The van der Waals surface area contributed by atoms with Crippen LogP contribution in [-0.2, 0) is 16.4 Å². The number of para-hydroxylation sites is 1. The summed E-state index contributed by atoms with van der Waals surface area (Å²) in [5.74, 6) is 0.607. The van der Waals surface area contributed by atoms with E-state index in [1.165, 1.54) is 18.2 Å². The van der Waals surface area contributed by atoms with E-state index in [2.05, 4.69) is 9.97 Å². The summed E-state index contributed by atoms with van der Waals surface area (Å²) in [5, 5.41) is 11.5. The Hall–Kier alpha value is -3.20. The van der Waals surface area contributed by atoms with Crippen molar-refractivity contribution in [1.29, 1.82) is 0 Å². The van der Waals surface area contributed by atoms with Crippen LogP contribution < -0.4 is 4.90 Å². The molecule has 0 atom stereocenters. The van der Waals surface area contributed by atoms with Gasteiger partial charge in [0.25, 0.3) is 0 Å². The highest BCUT2D eigenvalue weighted by Crippen LogP contribution is 2.34. The quantitative estimate of drug-likeness (QED) is 0.515. The molecular weight excluding hydrogens is 368 g/mol. The third-order valence-corrected chi connectivity index (χ3v) is 5.20. The van der Waals surface area contributed by atoms with Gasteiger partial charge in [0.2, 0.25) is 0 Å². The molecule has 1 aromatic heterocycles. The maximum Gasteiger partial charge on any atom is 0.311 e. The lowest BCUT2D eigenvalue weighted by atomic mass is 10.2. The Morgan fingerprint density at radius 2 is 1.85 bits per heavy atom. The smallest absolute Gasteiger partial charge is 0.311 e. The molecule has 9 heteroatoms. The SMILES string of the molecule is CN(Cc1ncc(-c2ccccc2)[nH]1)c1cccc(S(C)(=O)=O)c1[N+](=O)[O-]. The van der Waals surface area contributed by atoms with E-state index in [0.29, 0.717) is 5.82 Å². The van der Waals surface area contributed by atoms with E-state index in [1.807, 2.05) is 30.3 Å². The van der Waals surface area contributed by atoms with Crippen molar-refractivity contribution in [2.45, 2.75) is 11.4 Å². The predicted molar refractivity (Wildman–Crippen MR) is 102 cm³/mol. The normalized spacial score (nSPS) is 11.3. The molecule has 2 aromatic carbocycles. The topological polar surface area (TPSA) is 109 Å². The highest BCUT2D eigenvalue weighted by atomic mass is 32.2. The number of sulfone groups is 1. The van der Waals surface area contributed by atoms with Gasteiger partial charge in [-0.1, -0.05) is 36.4 Å². The predicted octanol–water partition coefficient (Wildman–Crippen LogP) is 3.02. The van der Waals surface area contributed by atoms with E-state index in [1.54, 1.807) is 18.1 Å². The van der Waals surface area contributed by atoms with Gasteiger partial charge in [-0.2, -0.15) is 0 Å². The fraction of sp³-hybridized carbons (Fsp3) is 0.167. The van der Waals surface area contributed by atoms with Crippen LogP contribution in [0.5, 0.6) is 0 Å². The van der Waals surface area contributed by atoms with Gasteiger partial charge in [0.1, 0.15) is 16.4 Å². The Morgan fingerprint density at radius 3 is 2.48 bits per heavy atom. The Morgan fingerprint density at radius 1 is 1.15 bits per heavy atom. The molecule has 0 saturated heterocycles. The molecule has 0 aliphatic carbocycles. The highest BCUT2D eigenvalue weighted by Gasteiger charge is 2.28. The van der Waals surface area contributed by atoms with Gasteiger partial charge in [0.15, 0.2) is 9.84 Å². The van der Waals surface area contributed by atoms with Crippen LogP contribution >= 0.6 is 0 Å². The lowest BCUT2D eigenvalue weighted by molar-refractivity contribution is -0.387. The first-order chi connectivity index (χ1) is 12.8. The number of hydrogen-bond donors (Lipinski definition) is 1. The van der Waals surface area contributed by atoms with E-state index >= 15 is 0 Å². The van der Waals surface area contributed by atoms with Crippen LogP contribution in [0.2, 0.25) is 0 Å². The second kappa shape index (κ2) is 7.20. The zero-order chi connectivity index (χ0) is 19.6. The summed E-state index contributed by atoms with van der Waals surface area (Å²) in [4.78, 5) is 19.7. The molecule has 0 bridgehead atoms. The Bertz CT molecular complexity index is 1080. The maximum absolute atomic E-state index is 11.9. The second-order valence-corrected chi connectivity index (χ2v) is 8.10. The summed E-state index contributed by atoms with van der Waals surface area (Å²) < 4.78 is 23.8. The first-order valence-corrected chi connectivity index (χ1v) is 9.94. The highest BCUT2D eigenvalue weighted by molar-refractivity contribution is 7.90. The standard InChI is InChI=1S/C18H18N4O4S/c1-21(12-17-19-11-14(20-17)13-7-4-3-5-8-13)15-9-6-10-16(27(2,25)26)18(15)22(23)24/h3-11H,12H2,1-2H3,(H,19,20). The molecule has 0 amide bonds. The lowest BCUT2D eigenvalue weighted by Gasteiger charge is -2.18. The molecule has 0 fully saturated rings. The van der Waals surface area contributed by atoms with Crippen molar-refractivity contribution < 1.29 is 13.3 Å². The first kappa shape index (κ1) is 18.6. The molecule has 0 spiro atoms. The number of nitro groups is 1. The number of aromatic amines is 1. The molecule has 140 valence electrons. The Kier molecular flexibility index (Phi) is 4.95. The number of nitrogens with one attached hydrogen (secondary N) is 1. The van der Waals surface area contributed by atoms with Gasteiger partial charge in [0.05, 0.1) is 23.4 Å². The van der Waals surface area contributed by atoms with Gasteiger partial charge < -0.3 is 9.88 Å². The number of rotatable bonds is 6. The maximum atomic E-state index is 11.9. The van der Waals surface area contributed by atoms with Gasteiger partial charge >= 0.3 is 5.69 Å².